The van der Waals surface area contributed by atoms with Gasteiger partial charge in [-0.15, -0.1) is 0 Å². The predicted molar refractivity (Wildman–Crippen MR) is 73.6 cm³/mol. The van der Waals surface area contributed by atoms with Crippen LogP contribution >= 0.6 is 0 Å². The molecule has 0 amide bonds. The van der Waals surface area contributed by atoms with Gasteiger partial charge in [-0.2, -0.15) is 0 Å². The molecular weight excluding hydrogens is 261 g/mol. The third kappa shape index (κ3) is 3.50. The highest BCUT2D eigenvalue weighted by Gasteiger charge is 2.46. The zero-order valence-corrected chi connectivity index (χ0v) is 12.4. The van der Waals surface area contributed by atoms with Gasteiger partial charge in [0.2, 0.25) is 0 Å². The minimum Gasteiger partial charge on any atom is -0.381 e. The van der Waals surface area contributed by atoms with Gasteiger partial charge in [0, 0.05) is 32.8 Å². The van der Waals surface area contributed by atoms with Gasteiger partial charge in [-0.25, -0.2) is 4.39 Å². The lowest BCUT2D eigenvalue weighted by molar-refractivity contribution is -0.199. The second-order valence-corrected chi connectivity index (χ2v) is 6.62. The third-order valence-corrected chi connectivity index (χ3v) is 4.82. The lowest BCUT2D eigenvalue weighted by Crippen LogP contribution is -2.59. The SMILES string of the molecule is C[C@]1(F)COC1CN1CCOC(CC2CCOCC2)C1. The Bertz CT molecular complexity index is 320. The molecule has 3 atom stereocenters. The van der Waals surface area contributed by atoms with E-state index in [1.807, 2.05) is 0 Å². The molecule has 3 fully saturated rings. The number of hydrogen-bond donors (Lipinski definition) is 0. The van der Waals surface area contributed by atoms with Crippen molar-refractivity contribution in [3.8, 4) is 0 Å². The van der Waals surface area contributed by atoms with E-state index in [2.05, 4.69) is 4.90 Å². The van der Waals surface area contributed by atoms with Gasteiger partial charge < -0.3 is 14.2 Å². The highest BCUT2D eigenvalue weighted by molar-refractivity contribution is 4.94. The Hall–Kier alpha value is -0.230. The molecule has 0 aromatic carbocycles. The van der Waals surface area contributed by atoms with Gasteiger partial charge in [0.05, 0.1) is 19.3 Å². The van der Waals surface area contributed by atoms with Crippen molar-refractivity contribution in [3.63, 3.8) is 0 Å². The molecule has 0 radical (unpaired) electrons. The van der Waals surface area contributed by atoms with Crippen molar-refractivity contribution in [2.75, 3.05) is 46.1 Å². The molecular formula is C15H26FNO3. The molecule has 3 aliphatic rings. The van der Waals surface area contributed by atoms with Crippen molar-refractivity contribution in [2.45, 2.75) is 44.1 Å². The number of halogens is 1. The summed E-state index contributed by atoms with van der Waals surface area (Å²) in [5.74, 6) is 0.722. The Labute approximate surface area is 120 Å². The summed E-state index contributed by atoms with van der Waals surface area (Å²) in [5.41, 5.74) is -1.14. The first-order valence-electron chi connectivity index (χ1n) is 7.86. The molecule has 116 valence electrons. The van der Waals surface area contributed by atoms with Gasteiger partial charge in [-0.3, -0.25) is 4.90 Å². The summed E-state index contributed by atoms with van der Waals surface area (Å²) in [6.45, 7) is 6.90. The van der Waals surface area contributed by atoms with Crippen molar-refractivity contribution in [1.29, 1.82) is 0 Å². The molecule has 0 aliphatic carbocycles. The van der Waals surface area contributed by atoms with Crippen LogP contribution in [0.1, 0.15) is 26.2 Å². The monoisotopic (exact) mass is 287 g/mol. The average Bonchev–Trinajstić information content (AvgIpc) is 2.45. The van der Waals surface area contributed by atoms with E-state index in [4.69, 9.17) is 14.2 Å². The molecule has 3 aliphatic heterocycles. The van der Waals surface area contributed by atoms with Crippen molar-refractivity contribution in [3.05, 3.63) is 0 Å². The maximum Gasteiger partial charge on any atom is 0.158 e. The fourth-order valence-electron chi connectivity index (χ4n) is 3.35. The Balaban J connectivity index is 1.44. The number of alkyl halides is 1. The highest BCUT2D eigenvalue weighted by atomic mass is 19.1. The van der Waals surface area contributed by atoms with Crippen LogP contribution in [0, 0.1) is 5.92 Å². The quantitative estimate of drug-likeness (QED) is 0.786. The second-order valence-electron chi connectivity index (χ2n) is 6.62. The van der Waals surface area contributed by atoms with Crippen molar-refractivity contribution >= 4 is 0 Å². The predicted octanol–water partition coefficient (Wildman–Crippen LogP) is 1.63. The van der Waals surface area contributed by atoms with Crippen molar-refractivity contribution in [1.82, 2.24) is 4.90 Å². The van der Waals surface area contributed by atoms with E-state index in [-0.39, 0.29) is 18.8 Å². The molecule has 0 saturated carbocycles. The second kappa shape index (κ2) is 6.26. The Morgan fingerprint density at radius 3 is 2.65 bits per heavy atom. The van der Waals surface area contributed by atoms with E-state index in [1.54, 1.807) is 6.92 Å². The smallest absolute Gasteiger partial charge is 0.158 e. The number of nitrogens with zero attached hydrogens (tertiary/aromatic N) is 1. The molecule has 0 spiro atoms. The number of ether oxygens (including phenoxy) is 3. The topological polar surface area (TPSA) is 30.9 Å². The van der Waals surface area contributed by atoms with Crippen LogP contribution in [-0.2, 0) is 14.2 Å². The molecule has 3 heterocycles. The van der Waals surface area contributed by atoms with Crippen molar-refractivity contribution < 1.29 is 18.6 Å². The zero-order valence-electron chi connectivity index (χ0n) is 12.4. The first kappa shape index (κ1) is 14.7. The van der Waals surface area contributed by atoms with Crippen LogP contribution in [0.4, 0.5) is 4.39 Å². The lowest BCUT2D eigenvalue weighted by Gasteiger charge is -2.44. The van der Waals surface area contributed by atoms with E-state index in [0.29, 0.717) is 6.54 Å². The number of hydrogen-bond acceptors (Lipinski definition) is 4. The summed E-state index contributed by atoms with van der Waals surface area (Å²) in [6.07, 6.45) is 3.43. The van der Waals surface area contributed by atoms with Crippen LogP contribution in [0.25, 0.3) is 0 Å². The average molecular weight is 287 g/mol. The fraction of sp³-hybridized carbons (Fsp3) is 1.00. The summed E-state index contributed by atoms with van der Waals surface area (Å²) in [4.78, 5) is 2.30. The van der Waals surface area contributed by atoms with Gasteiger partial charge in [0.1, 0.15) is 6.10 Å². The van der Waals surface area contributed by atoms with E-state index in [9.17, 15) is 4.39 Å². The molecule has 20 heavy (non-hydrogen) atoms. The molecule has 3 rings (SSSR count). The Kier molecular flexibility index (Phi) is 4.60. The normalized spacial score (nSPS) is 40.5. The molecule has 5 heteroatoms. The van der Waals surface area contributed by atoms with Gasteiger partial charge in [-0.05, 0) is 32.1 Å². The van der Waals surface area contributed by atoms with E-state index in [1.165, 1.54) is 0 Å². The Morgan fingerprint density at radius 1 is 1.20 bits per heavy atom. The number of rotatable bonds is 4. The molecule has 3 saturated heterocycles. The minimum absolute atomic E-state index is 0.244. The fourth-order valence-corrected chi connectivity index (χ4v) is 3.35. The zero-order chi connectivity index (χ0) is 14.0. The molecule has 4 nitrogen and oxygen atoms in total. The maximum absolute atomic E-state index is 13.9. The summed E-state index contributed by atoms with van der Waals surface area (Å²) in [5, 5.41) is 0. The van der Waals surface area contributed by atoms with Crippen LogP contribution < -0.4 is 0 Å². The van der Waals surface area contributed by atoms with Crippen LogP contribution in [0.3, 0.4) is 0 Å². The van der Waals surface area contributed by atoms with Crippen molar-refractivity contribution in [2.24, 2.45) is 5.92 Å². The van der Waals surface area contributed by atoms with Gasteiger partial charge in [0.25, 0.3) is 0 Å². The molecule has 2 unspecified atom stereocenters. The summed E-state index contributed by atoms with van der Waals surface area (Å²) < 4.78 is 30.5. The standard InChI is InChI=1S/C15H26FNO3/c1-15(16)11-20-14(15)10-17-4-7-19-13(9-17)8-12-2-5-18-6-3-12/h12-14H,2-11H2,1H3/t13?,14?,15-/m0/s1. The molecule has 0 aromatic rings. The first-order chi connectivity index (χ1) is 9.63. The molecule has 0 aromatic heterocycles. The lowest BCUT2D eigenvalue weighted by atomic mass is 9.92. The minimum atomic E-state index is -1.14. The maximum atomic E-state index is 13.9. The number of morpholine rings is 1. The third-order valence-electron chi connectivity index (χ3n) is 4.82. The van der Waals surface area contributed by atoms with E-state index < -0.39 is 5.67 Å². The summed E-state index contributed by atoms with van der Waals surface area (Å²) >= 11 is 0. The van der Waals surface area contributed by atoms with E-state index in [0.717, 1.165) is 58.1 Å². The van der Waals surface area contributed by atoms with E-state index >= 15 is 0 Å². The Morgan fingerprint density at radius 2 is 2.00 bits per heavy atom. The highest BCUT2D eigenvalue weighted by Crippen LogP contribution is 2.30. The molecule has 0 bridgehead atoms. The first-order valence-corrected chi connectivity index (χ1v) is 7.86. The van der Waals surface area contributed by atoms with Crippen LogP contribution in [0.2, 0.25) is 0 Å². The molecule has 0 N–H and O–H groups in total. The van der Waals surface area contributed by atoms with Gasteiger partial charge in [-0.1, -0.05) is 0 Å². The van der Waals surface area contributed by atoms with Crippen LogP contribution in [0.15, 0.2) is 0 Å². The van der Waals surface area contributed by atoms with Gasteiger partial charge in [0.15, 0.2) is 5.67 Å². The van der Waals surface area contributed by atoms with Crippen LogP contribution in [-0.4, -0.2) is 68.8 Å². The summed E-state index contributed by atoms with van der Waals surface area (Å²) in [6, 6.07) is 0. The summed E-state index contributed by atoms with van der Waals surface area (Å²) in [7, 11) is 0. The van der Waals surface area contributed by atoms with Crippen LogP contribution in [0.5, 0.6) is 0 Å². The van der Waals surface area contributed by atoms with Gasteiger partial charge >= 0.3 is 0 Å². The largest absolute Gasteiger partial charge is 0.381 e.